The Bertz CT molecular complexity index is 677. The largest absolute Gasteiger partial charge is 0.383 e. The lowest BCUT2D eigenvalue weighted by molar-refractivity contribution is 0.186. The normalized spacial score (nSPS) is 12.4. The van der Waals surface area contributed by atoms with Crippen molar-refractivity contribution in [1.29, 1.82) is 0 Å². The van der Waals surface area contributed by atoms with E-state index >= 15 is 0 Å². The summed E-state index contributed by atoms with van der Waals surface area (Å²) in [5, 5.41) is 0. The molecule has 0 spiro atoms. The number of hydrogen-bond donors (Lipinski definition) is 1. The summed E-state index contributed by atoms with van der Waals surface area (Å²) >= 11 is 0. The Morgan fingerprint density at radius 1 is 1.24 bits per heavy atom. The van der Waals surface area contributed by atoms with Crippen LogP contribution in [0.5, 0.6) is 0 Å². The van der Waals surface area contributed by atoms with Crippen LogP contribution >= 0.6 is 0 Å². The summed E-state index contributed by atoms with van der Waals surface area (Å²) in [7, 11) is 1.62. The molecule has 0 aliphatic heterocycles. The second-order valence-electron chi connectivity index (χ2n) is 5.28. The highest BCUT2D eigenvalue weighted by Crippen LogP contribution is 2.19. The predicted molar refractivity (Wildman–Crippen MR) is 84.5 cm³/mol. The molecule has 1 unspecified atom stereocenters. The van der Waals surface area contributed by atoms with Gasteiger partial charge in [-0.15, -0.1) is 0 Å². The molecule has 2 N–H and O–H groups in total. The van der Waals surface area contributed by atoms with Crippen LogP contribution in [0.2, 0.25) is 0 Å². The lowest BCUT2D eigenvalue weighted by atomic mass is 9.97. The number of rotatable bonds is 5. The van der Waals surface area contributed by atoms with Crippen molar-refractivity contribution in [2.24, 2.45) is 5.73 Å². The number of aromatic nitrogens is 1. The average Bonchev–Trinajstić information content (AvgIpc) is 2.48. The zero-order valence-electron chi connectivity index (χ0n) is 12.8. The molecule has 0 saturated carbocycles. The van der Waals surface area contributed by atoms with Crippen LogP contribution in [0.3, 0.4) is 0 Å². The van der Waals surface area contributed by atoms with Gasteiger partial charge in [-0.2, -0.15) is 0 Å². The van der Waals surface area contributed by atoms with Crippen molar-refractivity contribution in [2.75, 3.05) is 13.7 Å². The maximum Gasteiger partial charge on any atom is 0.255 e. The molecule has 0 fully saturated rings. The first-order valence-corrected chi connectivity index (χ1v) is 7.05. The van der Waals surface area contributed by atoms with Gasteiger partial charge in [-0.1, -0.05) is 24.3 Å². The Labute approximate surface area is 125 Å². The van der Waals surface area contributed by atoms with E-state index < -0.39 is 6.04 Å². The van der Waals surface area contributed by atoms with Crippen LogP contribution in [-0.2, 0) is 11.3 Å². The molecule has 0 aliphatic carbocycles. The Morgan fingerprint density at radius 2 is 2.00 bits per heavy atom. The van der Waals surface area contributed by atoms with Gasteiger partial charge in [0.15, 0.2) is 0 Å². The van der Waals surface area contributed by atoms with Gasteiger partial charge in [0, 0.05) is 25.4 Å². The molecule has 4 heteroatoms. The molecule has 0 bridgehead atoms. The molecule has 1 atom stereocenters. The molecule has 0 amide bonds. The number of pyridine rings is 1. The first-order valence-electron chi connectivity index (χ1n) is 7.05. The lowest BCUT2D eigenvalue weighted by Gasteiger charge is -2.15. The van der Waals surface area contributed by atoms with Crippen LogP contribution in [0.15, 0.2) is 41.3 Å². The van der Waals surface area contributed by atoms with E-state index in [4.69, 9.17) is 10.5 Å². The third kappa shape index (κ3) is 3.40. The summed E-state index contributed by atoms with van der Waals surface area (Å²) in [5.41, 5.74) is 10.2. The fourth-order valence-corrected chi connectivity index (χ4v) is 2.30. The standard InChI is InChI=1S/C17H22N2O2/c1-12-6-7-14(11-13(12)2)16(18)15-5-4-8-19(17(15)20)9-10-21-3/h4-8,11,16H,9-10,18H2,1-3H3. The van der Waals surface area contributed by atoms with Crippen LogP contribution in [-0.4, -0.2) is 18.3 Å². The Balaban J connectivity index is 2.36. The summed E-state index contributed by atoms with van der Waals surface area (Å²) in [6.45, 7) is 5.14. The minimum absolute atomic E-state index is 0.0553. The van der Waals surface area contributed by atoms with Crippen molar-refractivity contribution in [3.8, 4) is 0 Å². The van der Waals surface area contributed by atoms with Crippen LogP contribution in [0.1, 0.15) is 28.3 Å². The van der Waals surface area contributed by atoms with Crippen molar-refractivity contribution >= 4 is 0 Å². The Kier molecular flexibility index (Phi) is 4.94. The Morgan fingerprint density at radius 3 is 2.67 bits per heavy atom. The summed E-state index contributed by atoms with van der Waals surface area (Å²) in [4.78, 5) is 12.5. The molecule has 1 aromatic carbocycles. The van der Waals surface area contributed by atoms with Gasteiger partial charge in [-0.25, -0.2) is 0 Å². The van der Waals surface area contributed by atoms with Gasteiger partial charge in [0.25, 0.3) is 5.56 Å². The van der Waals surface area contributed by atoms with Gasteiger partial charge >= 0.3 is 0 Å². The van der Waals surface area contributed by atoms with E-state index in [-0.39, 0.29) is 5.56 Å². The van der Waals surface area contributed by atoms with Gasteiger partial charge in [-0.05, 0) is 36.6 Å². The first kappa shape index (κ1) is 15.5. The number of hydrogen-bond acceptors (Lipinski definition) is 3. The van der Waals surface area contributed by atoms with Gasteiger partial charge in [0.1, 0.15) is 0 Å². The second-order valence-corrected chi connectivity index (χ2v) is 5.28. The van der Waals surface area contributed by atoms with Crippen LogP contribution in [0, 0.1) is 13.8 Å². The molecule has 1 heterocycles. The molecule has 112 valence electrons. The number of nitrogens with two attached hydrogens (primary N) is 1. The SMILES string of the molecule is COCCn1cccc(C(N)c2ccc(C)c(C)c2)c1=O. The lowest BCUT2D eigenvalue weighted by Crippen LogP contribution is -2.29. The number of nitrogens with zero attached hydrogens (tertiary/aromatic N) is 1. The summed E-state index contributed by atoms with van der Waals surface area (Å²) in [6.07, 6.45) is 1.76. The van der Waals surface area contributed by atoms with Crippen molar-refractivity contribution in [3.05, 3.63) is 69.1 Å². The highest BCUT2D eigenvalue weighted by molar-refractivity contribution is 5.36. The van der Waals surface area contributed by atoms with Crippen LogP contribution in [0.25, 0.3) is 0 Å². The zero-order chi connectivity index (χ0) is 15.4. The molecule has 0 radical (unpaired) electrons. The molecular weight excluding hydrogens is 264 g/mol. The van der Waals surface area contributed by atoms with E-state index in [0.717, 1.165) is 5.56 Å². The fraction of sp³-hybridized carbons (Fsp3) is 0.353. The van der Waals surface area contributed by atoms with Gasteiger partial charge in [0.2, 0.25) is 0 Å². The third-order valence-electron chi connectivity index (χ3n) is 3.81. The minimum Gasteiger partial charge on any atom is -0.383 e. The number of aryl methyl sites for hydroxylation is 2. The van der Waals surface area contributed by atoms with Crippen molar-refractivity contribution in [1.82, 2.24) is 4.57 Å². The van der Waals surface area contributed by atoms with Gasteiger partial charge in [-0.3, -0.25) is 4.79 Å². The van der Waals surface area contributed by atoms with E-state index in [1.165, 1.54) is 11.1 Å². The average molecular weight is 286 g/mol. The van der Waals surface area contributed by atoms with Crippen LogP contribution in [0.4, 0.5) is 0 Å². The fourth-order valence-electron chi connectivity index (χ4n) is 2.30. The summed E-state index contributed by atoms with van der Waals surface area (Å²) in [6, 6.07) is 9.31. The van der Waals surface area contributed by atoms with Crippen molar-refractivity contribution < 1.29 is 4.74 Å². The van der Waals surface area contributed by atoms with E-state index in [1.807, 2.05) is 31.2 Å². The molecular formula is C17H22N2O2. The maximum absolute atomic E-state index is 12.5. The smallest absolute Gasteiger partial charge is 0.255 e. The topological polar surface area (TPSA) is 57.2 Å². The quantitative estimate of drug-likeness (QED) is 0.916. The monoisotopic (exact) mass is 286 g/mol. The maximum atomic E-state index is 12.5. The molecule has 0 saturated heterocycles. The molecule has 0 aliphatic rings. The van der Waals surface area contributed by atoms with E-state index in [0.29, 0.717) is 18.7 Å². The third-order valence-corrected chi connectivity index (χ3v) is 3.81. The number of methoxy groups -OCH3 is 1. The van der Waals surface area contributed by atoms with Crippen molar-refractivity contribution in [2.45, 2.75) is 26.4 Å². The zero-order valence-corrected chi connectivity index (χ0v) is 12.8. The molecule has 1 aromatic heterocycles. The summed E-state index contributed by atoms with van der Waals surface area (Å²) in [5.74, 6) is 0. The molecule has 2 rings (SSSR count). The predicted octanol–water partition coefficient (Wildman–Crippen LogP) is 2.16. The number of ether oxygens (including phenoxy) is 1. The van der Waals surface area contributed by atoms with E-state index in [2.05, 4.69) is 6.92 Å². The number of benzene rings is 1. The molecule has 21 heavy (non-hydrogen) atoms. The van der Waals surface area contributed by atoms with Gasteiger partial charge in [0.05, 0.1) is 12.6 Å². The Hall–Kier alpha value is -1.91. The highest BCUT2D eigenvalue weighted by Gasteiger charge is 2.14. The van der Waals surface area contributed by atoms with Crippen molar-refractivity contribution in [3.63, 3.8) is 0 Å². The first-order chi connectivity index (χ1) is 10.0. The van der Waals surface area contributed by atoms with Crippen LogP contribution < -0.4 is 11.3 Å². The second kappa shape index (κ2) is 6.70. The minimum atomic E-state index is -0.410. The highest BCUT2D eigenvalue weighted by atomic mass is 16.5. The molecule has 4 nitrogen and oxygen atoms in total. The van der Waals surface area contributed by atoms with E-state index in [1.54, 1.807) is 23.9 Å². The van der Waals surface area contributed by atoms with Gasteiger partial charge < -0.3 is 15.0 Å². The van der Waals surface area contributed by atoms with E-state index in [9.17, 15) is 4.79 Å². The molecule has 2 aromatic rings. The summed E-state index contributed by atoms with van der Waals surface area (Å²) < 4.78 is 6.66.